The van der Waals surface area contributed by atoms with E-state index in [1.165, 1.54) is 0 Å². The lowest BCUT2D eigenvalue weighted by Crippen LogP contribution is -2.36. The molecule has 0 saturated heterocycles. The first-order chi connectivity index (χ1) is 10.7. The predicted molar refractivity (Wildman–Crippen MR) is 87.6 cm³/mol. The zero-order chi connectivity index (χ0) is 15.4. The first-order valence-electron chi connectivity index (χ1n) is 7.24. The van der Waals surface area contributed by atoms with Crippen LogP contribution in [0.25, 0.3) is 10.8 Å². The highest BCUT2D eigenvalue weighted by Gasteiger charge is 2.13. The molecule has 1 unspecified atom stereocenters. The molecule has 0 heterocycles. The van der Waals surface area contributed by atoms with Crippen LogP contribution in [0.1, 0.15) is 15.9 Å². The molecule has 0 aromatic heterocycles. The fourth-order valence-electron chi connectivity index (χ4n) is 2.54. The second kappa shape index (κ2) is 6.41. The molecule has 3 nitrogen and oxygen atoms in total. The van der Waals surface area contributed by atoms with E-state index in [1.54, 1.807) is 6.07 Å². The van der Waals surface area contributed by atoms with Gasteiger partial charge in [-0.2, -0.15) is 0 Å². The summed E-state index contributed by atoms with van der Waals surface area (Å²) in [6.45, 7) is 0. The molecule has 0 bridgehead atoms. The van der Waals surface area contributed by atoms with Crippen molar-refractivity contribution in [2.45, 2.75) is 12.6 Å². The quantitative estimate of drug-likeness (QED) is 0.726. The summed E-state index contributed by atoms with van der Waals surface area (Å²) in [6, 6.07) is 22.9. The van der Waals surface area contributed by atoms with Gasteiger partial charge in [-0.3, -0.25) is 4.79 Å². The summed E-state index contributed by atoms with van der Waals surface area (Å²) in [5.74, 6) is -0.264. The summed E-state index contributed by atoms with van der Waals surface area (Å²) in [7, 11) is 0. The van der Waals surface area contributed by atoms with Crippen molar-refractivity contribution in [1.29, 1.82) is 0 Å². The normalized spacial score (nSPS) is 12.0. The van der Waals surface area contributed by atoms with Crippen molar-refractivity contribution in [3.63, 3.8) is 0 Å². The average molecular weight is 291 g/mol. The van der Waals surface area contributed by atoms with E-state index in [1.807, 2.05) is 66.7 Å². The summed E-state index contributed by atoms with van der Waals surface area (Å²) >= 11 is 0. The molecular formula is C19H17NO2. The van der Waals surface area contributed by atoms with E-state index >= 15 is 0 Å². The minimum Gasteiger partial charge on any atom is -0.373 e. The summed E-state index contributed by atoms with van der Waals surface area (Å²) < 4.78 is 0. The van der Waals surface area contributed by atoms with Crippen LogP contribution in [0.5, 0.6) is 0 Å². The van der Waals surface area contributed by atoms with Crippen molar-refractivity contribution in [3.05, 3.63) is 83.9 Å². The van der Waals surface area contributed by atoms with E-state index in [9.17, 15) is 9.90 Å². The van der Waals surface area contributed by atoms with Gasteiger partial charge in [0, 0.05) is 12.0 Å². The highest BCUT2D eigenvalue weighted by molar-refractivity contribution is 6.07. The van der Waals surface area contributed by atoms with Crippen LogP contribution in [-0.2, 0) is 6.42 Å². The fourth-order valence-corrected chi connectivity index (χ4v) is 2.54. The Morgan fingerprint density at radius 3 is 2.41 bits per heavy atom. The van der Waals surface area contributed by atoms with Crippen molar-refractivity contribution >= 4 is 16.7 Å². The first kappa shape index (κ1) is 14.3. The van der Waals surface area contributed by atoms with Crippen LogP contribution in [0, 0.1) is 0 Å². The van der Waals surface area contributed by atoms with Crippen molar-refractivity contribution in [2.24, 2.45) is 0 Å². The molecule has 2 N–H and O–H groups in total. The molecule has 3 rings (SSSR count). The Bertz CT molecular complexity index is 778. The number of nitrogens with one attached hydrogen (secondary N) is 1. The number of benzene rings is 3. The lowest BCUT2D eigenvalue weighted by atomic mass is 10.0. The molecule has 1 atom stereocenters. The van der Waals surface area contributed by atoms with Gasteiger partial charge in [-0.1, -0.05) is 66.7 Å². The van der Waals surface area contributed by atoms with Gasteiger partial charge in [-0.15, -0.1) is 0 Å². The standard InChI is InChI=1S/C19H17NO2/c21-18(13-14-7-2-1-3-8-14)20-19(22)17-12-6-10-15-9-4-5-11-16(15)17/h1-12,18,21H,13H2,(H,20,22). The van der Waals surface area contributed by atoms with Crippen LogP contribution in [0.4, 0.5) is 0 Å². The molecule has 3 heteroatoms. The van der Waals surface area contributed by atoms with Crippen molar-refractivity contribution < 1.29 is 9.90 Å². The highest BCUT2D eigenvalue weighted by atomic mass is 16.3. The zero-order valence-corrected chi connectivity index (χ0v) is 12.1. The lowest BCUT2D eigenvalue weighted by molar-refractivity contribution is 0.0787. The van der Waals surface area contributed by atoms with Gasteiger partial charge in [-0.05, 0) is 22.4 Å². The maximum absolute atomic E-state index is 12.4. The van der Waals surface area contributed by atoms with E-state index in [0.29, 0.717) is 12.0 Å². The molecule has 1 amide bonds. The van der Waals surface area contributed by atoms with Gasteiger partial charge in [0.1, 0.15) is 6.23 Å². The van der Waals surface area contributed by atoms with Crippen molar-refractivity contribution in [3.8, 4) is 0 Å². The van der Waals surface area contributed by atoms with E-state index in [0.717, 1.165) is 16.3 Å². The second-order valence-electron chi connectivity index (χ2n) is 5.21. The van der Waals surface area contributed by atoms with E-state index in [4.69, 9.17) is 0 Å². The van der Waals surface area contributed by atoms with Gasteiger partial charge in [-0.25, -0.2) is 0 Å². The number of carbonyl (C=O) groups excluding carboxylic acids is 1. The molecular weight excluding hydrogens is 274 g/mol. The number of rotatable bonds is 4. The molecule has 0 saturated carbocycles. The largest absolute Gasteiger partial charge is 0.373 e. The number of amides is 1. The zero-order valence-electron chi connectivity index (χ0n) is 12.1. The van der Waals surface area contributed by atoms with E-state index in [2.05, 4.69) is 5.32 Å². The molecule has 0 fully saturated rings. The summed E-state index contributed by atoms with van der Waals surface area (Å²) in [5, 5.41) is 14.6. The van der Waals surface area contributed by atoms with Gasteiger partial charge >= 0.3 is 0 Å². The van der Waals surface area contributed by atoms with Crippen molar-refractivity contribution in [2.75, 3.05) is 0 Å². The van der Waals surface area contributed by atoms with Crippen LogP contribution >= 0.6 is 0 Å². The van der Waals surface area contributed by atoms with E-state index < -0.39 is 6.23 Å². The van der Waals surface area contributed by atoms with Gasteiger partial charge in [0.2, 0.25) is 0 Å². The van der Waals surface area contributed by atoms with Crippen LogP contribution in [-0.4, -0.2) is 17.2 Å². The van der Waals surface area contributed by atoms with Crippen LogP contribution in [0.2, 0.25) is 0 Å². The minimum atomic E-state index is -0.908. The predicted octanol–water partition coefficient (Wildman–Crippen LogP) is 3.13. The maximum atomic E-state index is 12.4. The Hall–Kier alpha value is -2.65. The van der Waals surface area contributed by atoms with Crippen LogP contribution in [0.15, 0.2) is 72.8 Å². The Balaban J connectivity index is 1.76. The third-order valence-corrected chi connectivity index (χ3v) is 3.60. The van der Waals surface area contributed by atoms with Gasteiger partial charge in [0.15, 0.2) is 0 Å². The lowest BCUT2D eigenvalue weighted by Gasteiger charge is -2.14. The van der Waals surface area contributed by atoms with Gasteiger partial charge < -0.3 is 10.4 Å². The fraction of sp³-hybridized carbons (Fsp3) is 0.105. The number of fused-ring (bicyclic) bond motifs is 1. The average Bonchev–Trinajstić information content (AvgIpc) is 2.55. The van der Waals surface area contributed by atoms with Crippen LogP contribution < -0.4 is 5.32 Å². The molecule has 3 aromatic carbocycles. The molecule has 0 aliphatic carbocycles. The minimum absolute atomic E-state index is 0.264. The van der Waals surface area contributed by atoms with Gasteiger partial charge in [0.05, 0.1) is 0 Å². The maximum Gasteiger partial charge on any atom is 0.253 e. The Kier molecular flexibility index (Phi) is 4.17. The van der Waals surface area contributed by atoms with Gasteiger partial charge in [0.25, 0.3) is 5.91 Å². The van der Waals surface area contributed by atoms with Crippen molar-refractivity contribution in [1.82, 2.24) is 5.32 Å². The molecule has 0 aliphatic heterocycles. The molecule has 22 heavy (non-hydrogen) atoms. The third kappa shape index (κ3) is 3.15. The second-order valence-corrected chi connectivity index (χ2v) is 5.21. The number of hydrogen-bond acceptors (Lipinski definition) is 2. The summed E-state index contributed by atoms with van der Waals surface area (Å²) in [5.41, 5.74) is 1.55. The Morgan fingerprint density at radius 2 is 1.59 bits per heavy atom. The molecule has 0 spiro atoms. The van der Waals surface area contributed by atoms with Crippen LogP contribution in [0.3, 0.4) is 0 Å². The summed E-state index contributed by atoms with van der Waals surface area (Å²) in [4.78, 5) is 12.4. The first-order valence-corrected chi connectivity index (χ1v) is 7.24. The topological polar surface area (TPSA) is 49.3 Å². The number of aliphatic hydroxyl groups excluding tert-OH is 1. The Labute approximate surface area is 129 Å². The highest BCUT2D eigenvalue weighted by Crippen LogP contribution is 2.18. The van der Waals surface area contributed by atoms with E-state index in [-0.39, 0.29) is 5.91 Å². The summed E-state index contributed by atoms with van der Waals surface area (Å²) in [6.07, 6.45) is -0.522. The molecule has 110 valence electrons. The molecule has 3 aromatic rings. The third-order valence-electron chi connectivity index (χ3n) is 3.60. The molecule has 0 aliphatic rings. The number of hydrogen-bond donors (Lipinski definition) is 2. The SMILES string of the molecule is O=C(NC(O)Cc1ccccc1)c1cccc2ccccc12. The smallest absolute Gasteiger partial charge is 0.253 e. The Morgan fingerprint density at radius 1 is 0.909 bits per heavy atom. The number of carbonyl (C=O) groups is 1. The monoisotopic (exact) mass is 291 g/mol. The number of aliphatic hydroxyl groups is 1. The molecule has 0 radical (unpaired) electrons.